The molecule has 2 aliphatic rings. The van der Waals surface area contributed by atoms with Crippen LogP contribution in [-0.2, 0) is 4.79 Å². The maximum Gasteiger partial charge on any atom is 0.254 e. The molecule has 0 unspecified atom stereocenters. The van der Waals surface area contributed by atoms with Gasteiger partial charge in [0.05, 0.1) is 16.9 Å². The minimum absolute atomic E-state index is 0.00359. The number of anilines is 1. The van der Waals surface area contributed by atoms with Crippen LogP contribution in [-0.4, -0.2) is 51.9 Å². The molecule has 1 aromatic heterocycles. The van der Waals surface area contributed by atoms with Gasteiger partial charge >= 0.3 is 0 Å². The van der Waals surface area contributed by atoms with Crippen molar-refractivity contribution in [1.29, 1.82) is 0 Å². The van der Waals surface area contributed by atoms with Crippen molar-refractivity contribution in [3.63, 3.8) is 0 Å². The molecule has 0 spiro atoms. The van der Waals surface area contributed by atoms with Crippen molar-refractivity contribution in [1.82, 2.24) is 20.2 Å². The van der Waals surface area contributed by atoms with Crippen LogP contribution in [0.25, 0.3) is 5.57 Å². The number of carbonyl (C=O) groups is 2. The van der Waals surface area contributed by atoms with E-state index in [-0.39, 0.29) is 29.7 Å². The van der Waals surface area contributed by atoms with Gasteiger partial charge in [-0.15, -0.1) is 0 Å². The number of carbonyl (C=O) groups excluding carboxylic acids is 2. The summed E-state index contributed by atoms with van der Waals surface area (Å²) < 4.78 is 13.1. The van der Waals surface area contributed by atoms with Crippen molar-refractivity contribution in [3.8, 4) is 0 Å². The predicted octanol–water partition coefficient (Wildman–Crippen LogP) is 3.67. The molecule has 7 nitrogen and oxygen atoms in total. The number of aromatic nitrogens is 2. The highest BCUT2D eigenvalue weighted by Gasteiger charge is 2.25. The summed E-state index contributed by atoms with van der Waals surface area (Å²) in [4.78, 5) is 34.5. The maximum absolute atomic E-state index is 13.1. The number of rotatable bonds is 5. The first-order valence-electron chi connectivity index (χ1n) is 10.7. The Balaban J connectivity index is 1.38. The molecule has 0 atom stereocenters. The summed E-state index contributed by atoms with van der Waals surface area (Å²) >= 11 is 6.37. The van der Waals surface area contributed by atoms with E-state index in [4.69, 9.17) is 11.6 Å². The summed E-state index contributed by atoms with van der Waals surface area (Å²) in [5.41, 5.74) is 1.89. The summed E-state index contributed by atoms with van der Waals surface area (Å²) in [5.74, 6) is -0.0469. The number of amides is 2. The first-order chi connectivity index (χ1) is 15.4. The van der Waals surface area contributed by atoms with Crippen LogP contribution in [0, 0.1) is 5.82 Å². The zero-order valence-electron chi connectivity index (χ0n) is 17.8. The number of nitrogens with one attached hydrogen (secondary N) is 2. The highest BCUT2D eigenvalue weighted by atomic mass is 35.5. The third-order valence-corrected chi connectivity index (χ3v) is 6.09. The lowest BCUT2D eigenvalue weighted by molar-refractivity contribution is -0.119. The van der Waals surface area contributed by atoms with E-state index in [0.29, 0.717) is 35.3 Å². The Morgan fingerprint density at radius 1 is 1.12 bits per heavy atom. The molecule has 0 bridgehead atoms. The van der Waals surface area contributed by atoms with Crippen LogP contribution in [0.4, 0.5) is 10.3 Å². The lowest BCUT2D eigenvalue weighted by Gasteiger charge is -2.29. The van der Waals surface area contributed by atoms with Gasteiger partial charge < -0.3 is 15.5 Å². The van der Waals surface area contributed by atoms with Crippen LogP contribution < -0.4 is 10.6 Å². The Labute approximate surface area is 191 Å². The third-order valence-electron chi connectivity index (χ3n) is 5.81. The Hall–Kier alpha value is -3.00. The van der Waals surface area contributed by atoms with Gasteiger partial charge in [-0.05, 0) is 55.5 Å². The smallest absolute Gasteiger partial charge is 0.254 e. The van der Waals surface area contributed by atoms with Gasteiger partial charge in [0.25, 0.3) is 5.91 Å². The lowest BCUT2D eigenvalue weighted by Crippen LogP contribution is -2.39. The van der Waals surface area contributed by atoms with Gasteiger partial charge in [-0.3, -0.25) is 9.59 Å². The molecule has 2 aromatic rings. The first-order valence-corrected chi connectivity index (χ1v) is 11.1. The summed E-state index contributed by atoms with van der Waals surface area (Å²) in [6, 6.07) is 5.97. The molecular weight excluding hydrogens is 433 g/mol. The second kappa shape index (κ2) is 9.65. The van der Waals surface area contributed by atoms with Gasteiger partial charge in [-0.25, -0.2) is 14.4 Å². The van der Waals surface area contributed by atoms with Crippen LogP contribution in [0.5, 0.6) is 0 Å². The molecule has 1 saturated carbocycles. The average Bonchev–Trinajstić information content (AvgIpc) is 3.26. The third kappa shape index (κ3) is 5.24. The van der Waals surface area contributed by atoms with E-state index < -0.39 is 0 Å². The molecule has 1 aliphatic carbocycles. The Morgan fingerprint density at radius 3 is 2.50 bits per heavy atom. The quantitative estimate of drug-likeness (QED) is 0.715. The van der Waals surface area contributed by atoms with Gasteiger partial charge in [0, 0.05) is 37.7 Å². The second-order valence-electron chi connectivity index (χ2n) is 8.21. The van der Waals surface area contributed by atoms with Crippen LogP contribution in [0.3, 0.4) is 0 Å². The fourth-order valence-electron chi connectivity index (χ4n) is 4.17. The van der Waals surface area contributed by atoms with E-state index in [1.54, 1.807) is 18.0 Å². The van der Waals surface area contributed by atoms with Crippen molar-refractivity contribution in [2.45, 2.75) is 44.7 Å². The van der Waals surface area contributed by atoms with Crippen molar-refractivity contribution < 1.29 is 14.0 Å². The number of nitrogens with zero attached hydrogens (tertiary/aromatic N) is 3. The van der Waals surface area contributed by atoms with E-state index in [1.165, 1.54) is 24.3 Å². The molecule has 1 fully saturated rings. The van der Waals surface area contributed by atoms with E-state index >= 15 is 0 Å². The molecule has 0 saturated heterocycles. The minimum Gasteiger partial charge on any atom is -0.354 e. The predicted molar refractivity (Wildman–Crippen MR) is 121 cm³/mol. The first kappa shape index (κ1) is 22.2. The van der Waals surface area contributed by atoms with Crippen molar-refractivity contribution in [2.75, 3.05) is 18.4 Å². The fourth-order valence-corrected chi connectivity index (χ4v) is 4.38. The molecule has 168 valence electrons. The van der Waals surface area contributed by atoms with Gasteiger partial charge in [0.15, 0.2) is 0 Å². The van der Waals surface area contributed by atoms with Crippen LogP contribution in [0.15, 0.2) is 36.5 Å². The molecule has 32 heavy (non-hydrogen) atoms. The number of hydrogen-bond donors (Lipinski definition) is 2. The van der Waals surface area contributed by atoms with E-state index in [9.17, 15) is 14.0 Å². The second-order valence-corrected chi connectivity index (χ2v) is 8.61. The Bertz CT molecular complexity index is 1040. The van der Waals surface area contributed by atoms with E-state index in [2.05, 4.69) is 20.6 Å². The molecule has 2 amide bonds. The topological polar surface area (TPSA) is 87.2 Å². The zero-order valence-corrected chi connectivity index (χ0v) is 18.5. The molecule has 4 rings (SSSR count). The van der Waals surface area contributed by atoms with Gasteiger partial charge in [-0.1, -0.05) is 17.7 Å². The maximum atomic E-state index is 13.1. The van der Waals surface area contributed by atoms with Crippen molar-refractivity contribution >= 4 is 34.9 Å². The Morgan fingerprint density at radius 2 is 1.81 bits per heavy atom. The molecule has 0 radical (unpaired) electrons. The van der Waals surface area contributed by atoms with Crippen molar-refractivity contribution in [3.05, 3.63) is 58.6 Å². The summed E-state index contributed by atoms with van der Waals surface area (Å²) in [5, 5.41) is 6.77. The molecular formula is C23H25ClFN5O2. The largest absolute Gasteiger partial charge is 0.354 e. The van der Waals surface area contributed by atoms with E-state index in [0.717, 1.165) is 31.3 Å². The van der Waals surface area contributed by atoms with Gasteiger partial charge in [0.2, 0.25) is 11.9 Å². The van der Waals surface area contributed by atoms with Gasteiger partial charge in [0.1, 0.15) is 5.82 Å². The summed E-state index contributed by atoms with van der Waals surface area (Å²) in [6.07, 6.45) is 7.13. The zero-order chi connectivity index (χ0) is 22.7. The summed E-state index contributed by atoms with van der Waals surface area (Å²) in [7, 11) is 0. The number of hydrogen-bond acceptors (Lipinski definition) is 5. The average molecular weight is 458 g/mol. The highest BCUT2D eigenvalue weighted by molar-refractivity contribution is 6.32. The van der Waals surface area contributed by atoms with Gasteiger partial charge in [-0.2, -0.15) is 0 Å². The number of benzene rings is 1. The van der Waals surface area contributed by atoms with Crippen LogP contribution >= 0.6 is 11.6 Å². The standard InChI is InChI=1S/C23H25ClFN5O2/c1-14(31)27-18-6-8-19(9-7-18)28-23-26-12-20(24)21(29-23)16-10-11-30(13-16)22(32)15-2-4-17(25)5-3-15/h2-5,10,12,18-19H,6-9,11,13H2,1H3,(H,27,31)(H,26,28,29)/t18-,19-. The SMILES string of the molecule is CC(=O)N[C@H]1CC[C@H](Nc2ncc(Cl)c(C3=CCN(C(=O)c4ccc(F)cc4)C3)n2)CC1. The molecule has 2 N–H and O–H groups in total. The van der Waals surface area contributed by atoms with Crippen LogP contribution in [0.2, 0.25) is 5.02 Å². The number of halogens is 2. The van der Waals surface area contributed by atoms with Crippen molar-refractivity contribution in [2.24, 2.45) is 0 Å². The fraction of sp³-hybridized carbons (Fsp3) is 0.391. The molecule has 1 aliphatic heterocycles. The summed E-state index contributed by atoms with van der Waals surface area (Å²) in [6.45, 7) is 2.34. The highest BCUT2D eigenvalue weighted by Crippen LogP contribution is 2.28. The minimum atomic E-state index is -0.377. The monoisotopic (exact) mass is 457 g/mol. The Kier molecular flexibility index (Phi) is 6.69. The molecule has 1 aromatic carbocycles. The molecule has 9 heteroatoms. The van der Waals surface area contributed by atoms with E-state index in [1.807, 2.05) is 6.08 Å². The normalized spacial score (nSPS) is 20.6. The van der Waals surface area contributed by atoms with Crippen LogP contribution in [0.1, 0.15) is 48.7 Å². The molecule has 2 heterocycles. The lowest BCUT2D eigenvalue weighted by atomic mass is 9.91.